The summed E-state index contributed by atoms with van der Waals surface area (Å²) in [5.74, 6) is 0.568. The van der Waals surface area contributed by atoms with E-state index in [1.54, 1.807) is 0 Å². The number of guanidine groups is 1. The second-order valence-corrected chi connectivity index (χ2v) is 6.10. The number of piperidine rings is 1. The van der Waals surface area contributed by atoms with Gasteiger partial charge in [0.05, 0.1) is 6.54 Å². The standard InChI is InChI=1S/C17H28N6O/c1-2-20-12-16(24)21-11-13-7-9-23(10-8-13)15-5-3-14(4-6-15)22-17(18)19/h3-6,13,20H,2,7-12H2,1H3,(H,21,24)(H4,18,19,22). The van der Waals surface area contributed by atoms with E-state index in [9.17, 15) is 4.79 Å². The van der Waals surface area contributed by atoms with Gasteiger partial charge in [-0.3, -0.25) is 10.2 Å². The smallest absolute Gasteiger partial charge is 0.233 e. The molecule has 132 valence electrons. The molecule has 2 rings (SSSR count). The summed E-state index contributed by atoms with van der Waals surface area (Å²) in [5, 5.41) is 16.1. The molecule has 1 aromatic carbocycles. The van der Waals surface area contributed by atoms with Crippen LogP contribution in [-0.4, -0.2) is 44.6 Å². The van der Waals surface area contributed by atoms with Crippen LogP contribution in [0.15, 0.2) is 24.3 Å². The minimum atomic E-state index is -0.0558. The van der Waals surface area contributed by atoms with E-state index in [2.05, 4.69) is 20.9 Å². The van der Waals surface area contributed by atoms with Gasteiger partial charge >= 0.3 is 0 Å². The molecule has 7 nitrogen and oxygen atoms in total. The third-order valence-corrected chi connectivity index (χ3v) is 4.25. The predicted octanol–water partition coefficient (Wildman–Crippen LogP) is 0.934. The number of rotatable bonds is 7. The highest BCUT2D eigenvalue weighted by Crippen LogP contribution is 2.24. The number of hydrogen-bond acceptors (Lipinski definition) is 4. The van der Waals surface area contributed by atoms with Crippen molar-refractivity contribution >= 4 is 23.2 Å². The first kappa shape index (κ1) is 18.1. The summed E-state index contributed by atoms with van der Waals surface area (Å²) >= 11 is 0. The van der Waals surface area contributed by atoms with Crippen LogP contribution in [0.3, 0.4) is 0 Å². The first-order valence-electron chi connectivity index (χ1n) is 8.52. The highest BCUT2D eigenvalue weighted by atomic mass is 16.1. The van der Waals surface area contributed by atoms with Crippen LogP contribution in [-0.2, 0) is 4.79 Å². The lowest BCUT2D eigenvalue weighted by Crippen LogP contribution is -2.41. The van der Waals surface area contributed by atoms with Gasteiger partial charge in [0.2, 0.25) is 5.91 Å². The Labute approximate surface area is 143 Å². The number of amides is 1. The van der Waals surface area contributed by atoms with Crippen LogP contribution >= 0.6 is 0 Å². The summed E-state index contributed by atoms with van der Waals surface area (Å²) in [7, 11) is 0. The summed E-state index contributed by atoms with van der Waals surface area (Å²) in [4.78, 5) is 14.0. The number of likely N-dealkylation sites (N-methyl/N-ethyl adjacent to an activating group) is 1. The van der Waals surface area contributed by atoms with E-state index in [0.717, 1.165) is 44.7 Å². The number of nitrogens with two attached hydrogens (primary N) is 1. The Morgan fingerprint density at radius 3 is 2.54 bits per heavy atom. The number of carbonyl (C=O) groups excluding carboxylic acids is 1. The van der Waals surface area contributed by atoms with Gasteiger partial charge in [0.15, 0.2) is 5.96 Å². The molecule has 0 unspecified atom stereocenters. The first-order valence-corrected chi connectivity index (χ1v) is 8.52. The van der Waals surface area contributed by atoms with Crippen molar-refractivity contribution < 1.29 is 4.79 Å². The van der Waals surface area contributed by atoms with Crippen LogP contribution in [0, 0.1) is 11.3 Å². The number of nitrogens with zero attached hydrogens (tertiary/aromatic N) is 1. The van der Waals surface area contributed by atoms with Gasteiger partial charge in [-0.1, -0.05) is 6.92 Å². The van der Waals surface area contributed by atoms with Crippen LogP contribution < -0.4 is 26.6 Å². The van der Waals surface area contributed by atoms with E-state index < -0.39 is 0 Å². The lowest BCUT2D eigenvalue weighted by atomic mass is 9.96. The molecule has 1 amide bonds. The van der Waals surface area contributed by atoms with Crippen molar-refractivity contribution in [3.05, 3.63) is 24.3 Å². The van der Waals surface area contributed by atoms with Crippen LogP contribution in [0.1, 0.15) is 19.8 Å². The minimum absolute atomic E-state index is 0.0558. The van der Waals surface area contributed by atoms with E-state index in [-0.39, 0.29) is 11.9 Å². The zero-order chi connectivity index (χ0) is 17.4. The van der Waals surface area contributed by atoms with Crippen molar-refractivity contribution in [1.29, 1.82) is 5.41 Å². The molecule has 0 spiro atoms. The molecule has 0 atom stereocenters. The molecule has 1 saturated heterocycles. The molecular formula is C17H28N6O. The lowest BCUT2D eigenvalue weighted by Gasteiger charge is -2.33. The Kier molecular flexibility index (Phi) is 6.87. The SMILES string of the molecule is CCNCC(=O)NCC1CCN(c2ccc(NC(=N)N)cc2)CC1. The molecule has 1 aromatic rings. The summed E-state index contributed by atoms with van der Waals surface area (Å²) < 4.78 is 0. The van der Waals surface area contributed by atoms with Crippen molar-refractivity contribution in [2.45, 2.75) is 19.8 Å². The normalized spacial score (nSPS) is 15.1. The Morgan fingerprint density at radius 2 is 1.96 bits per heavy atom. The predicted molar refractivity (Wildman–Crippen MR) is 98.5 cm³/mol. The molecule has 0 aliphatic carbocycles. The van der Waals surface area contributed by atoms with Gasteiger partial charge in [0.1, 0.15) is 0 Å². The van der Waals surface area contributed by atoms with Crippen LogP contribution in [0.4, 0.5) is 11.4 Å². The van der Waals surface area contributed by atoms with Gasteiger partial charge in [0.25, 0.3) is 0 Å². The van der Waals surface area contributed by atoms with E-state index in [4.69, 9.17) is 11.1 Å². The summed E-state index contributed by atoms with van der Waals surface area (Å²) in [6.45, 7) is 5.95. The molecule has 0 aromatic heterocycles. The van der Waals surface area contributed by atoms with E-state index in [1.807, 2.05) is 31.2 Å². The molecule has 1 aliphatic rings. The Bertz CT molecular complexity index is 537. The number of carbonyl (C=O) groups is 1. The number of nitrogens with one attached hydrogen (secondary N) is 4. The maximum atomic E-state index is 11.6. The molecular weight excluding hydrogens is 304 g/mol. The van der Waals surface area contributed by atoms with Crippen LogP contribution in [0.5, 0.6) is 0 Å². The molecule has 24 heavy (non-hydrogen) atoms. The largest absolute Gasteiger partial charge is 0.372 e. The fourth-order valence-electron chi connectivity index (χ4n) is 2.87. The second-order valence-electron chi connectivity index (χ2n) is 6.10. The van der Waals surface area contributed by atoms with Crippen molar-refractivity contribution in [3.8, 4) is 0 Å². The number of benzene rings is 1. The topological polar surface area (TPSA) is 106 Å². The Balaban J connectivity index is 1.74. The maximum absolute atomic E-state index is 11.6. The third-order valence-electron chi connectivity index (χ3n) is 4.25. The molecule has 0 radical (unpaired) electrons. The van der Waals surface area contributed by atoms with Gasteiger partial charge in [-0.05, 0) is 49.6 Å². The summed E-state index contributed by atoms with van der Waals surface area (Å²) in [6.07, 6.45) is 2.16. The van der Waals surface area contributed by atoms with Crippen molar-refractivity contribution in [2.24, 2.45) is 11.7 Å². The summed E-state index contributed by atoms with van der Waals surface area (Å²) in [5.41, 5.74) is 7.33. The average Bonchev–Trinajstić information content (AvgIpc) is 2.59. The van der Waals surface area contributed by atoms with Gasteiger partial charge in [0, 0.05) is 31.0 Å². The highest BCUT2D eigenvalue weighted by Gasteiger charge is 2.19. The molecule has 1 fully saturated rings. The second kappa shape index (κ2) is 9.12. The molecule has 0 saturated carbocycles. The van der Waals surface area contributed by atoms with Crippen LogP contribution in [0.2, 0.25) is 0 Å². The van der Waals surface area contributed by atoms with Crippen LogP contribution in [0.25, 0.3) is 0 Å². The average molecular weight is 332 g/mol. The molecule has 1 aliphatic heterocycles. The Morgan fingerprint density at radius 1 is 1.29 bits per heavy atom. The minimum Gasteiger partial charge on any atom is -0.372 e. The van der Waals surface area contributed by atoms with Gasteiger partial charge in [-0.25, -0.2) is 0 Å². The fraction of sp³-hybridized carbons (Fsp3) is 0.529. The first-order chi connectivity index (χ1) is 11.6. The zero-order valence-electron chi connectivity index (χ0n) is 14.3. The molecule has 6 N–H and O–H groups in total. The van der Waals surface area contributed by atoms with Crippen molar-refractivity contribution in [3.63, 3.8) is 0 Å². The monoisotopic (exact) mass is 332 g/mol. The summed E-state index contributed by atoms with van der Waals surface area (Å²) in [6, 6.07) is 7.96. The molecule has 1 heterocycles. The van der Waals surface area contributed by atoms with Crippen molar-refractivity contribution in [2.75, 3.05) is 42.9 Å². The lowest BCUT2D eigenvalue weighted by molar-refractivity contribution is -0.120. The third kappa shape index (κ3) is 5.73. The van der Waals surface area contributed by atoms with Gasteiger partial charge < -0.3 is 26.6 Å². The fourth-order valence-corrected chi connectivity index (χ4v) is 2.87. The highest BCUT2D eigenvalue weighted by molar-refractivity contribution is 5.89. The molecule has 7 heteroatoms. The zero-order valence-corrected chi connectivity index (χ0v) is 14.3. The Hall–Kier alpha value is -2.28. The van der Waals surface area contributed by atoms with E-state index >= 15 is 0 Å². The van der Waals surface area contributed by atoms with E-state index in [1.165, 1.54) is 5.69 Å². The number of anilines is 2. The maximum Gasteiger partial charge on any atom is 0.233 e. The van der Waals surface area contributed by atoms with Gasteiger partial charge in [-0.15, -0.1) is 0 Å². The quantitative estimate of drug-likeness (QED) is 0.377. The van der Waals surface area contributed by atoms with Gasteiger partial charge in [-0.2, -0.15) is 0 Å². The van der Waals surface area contributed by atoms with E-state index in [0.29, 0.717) is 12.5 Å². The van der Waals surface area contributed by atoms with Crippen molar-refractivity contribution in [1.82, 2.24) is 10.6 Å². The number of hydrogen-bond donors (Lipinski definition) is 5. The molecule has 0 bridgehead atoms.